The van der Waals surface area contributed by atoms with Crippen molar-refractivity contribution >= 4 is 6.08 Å². The SMILES string of the molecule is O=[N+]([O-])C(=Cc1ccncn1)Cc1ccccc1. The Balaban J connectivity index is 2.25. The fourth-order valence-electron chi connectivity index (χ4n) is 1.53. The first kappa shape index (κ1) is 11.9. The van der Waals surface area contributed by atoms with Gasteiger partial charge in [-0.15, -0.1) is 0 Å². The highest BCUT2D eigenvalue weighted by atomic mass is 16.6. The molecule has 0 aliphatic carbocycles. The first-order chi connectivity index (χ1) is 8.75. The van der Waals surface area contributed by atoms with Gasteiger partial charge in [-0.2, -0.15) is 0 Å². The number of aromatic nitrogens is 2. The van der Waals surface area contributed by atoms with E-state index in [4.69, 9.17) is 0 Å². The van der Waals surface area contributed by atoms with E-state index in [1.165, 1.54) is 12.4 Å². The lowest BCUT2D eigenvalue weighted by atomic mass is 10.1. The molecule has 0 aliphatic rings. The molecule has 0 atom stereocenters. The predicted molar refractivity (Wildman–Crippen MR) is 67.1 cm³/mol. The third-order valence-electron chi connectivity index (χ3n) is 2.38. The Bertz CT molecular complexity index is 553. The van der Waals surface area contributed by atoms with Crippen LogP contribution in [0, 0.1) is 10.1 Å². The molecule has 5 heteroatoms. The monoisotopic (exact) mass is 241 g/mol. The van der Waals surface area contributed by atoms with E-state index in [0.717, 1.165) is 5.56 Å². The molecule has 0 spiro atoms. The van der Waals surface area contributed by atoms with Crippen LogP contribution in [-0.2, 0) is 6.42 Å². The van der Waals surface area contributed by atoms with Crippen LogP contribution < -0.4 is 0 Å². The summed E-state index contributed by atoms with van der Waals surface area (Å²) in [6.07, 6.45) is 4.66. The molecular weight excluding hydrogens is 230 g/mol. The Labute approximate surface area is 104 Å². The first-order valence-corrected chi connectivity index (χ1v) is 5.40. The minimum Gasteiger partial charge on any atom is -0.259 e. The zero-order valence-electron chi connectivity index (χ0n) is 9.56. The van der Waals surface area contributed by atoms with Gasteiger partial charge in [-0.3, -0.25) is 10.1 Å². The van der Waals surface area contributed by atoms with E-state index in [9.17, 15) is 10.1 Å². The molecule has 18 heavy (non-hydrogen) atoms. The van der Waals surface area contributed by atoms with E-state index >= 15 is 0 Å². The summed E-state index contributed by atoms with van der Waals surface area (Å²) in [4.78, 5) is 18.3. The van der Waals surface area contributed by atoms with Crippen LogP contribution in [0.1, 0.15) is 11.3 Å². The highest BCUT2D eigenvalue weighted by molar-refractivity contribution is 5.46. The summed E-state index contributed by atoms with van der Waals surface area (Å²) in [5, 5.41) is 11.0. The second kappa shape index (κ2) is 5.67. The highest BCUT2D eigenvalue weighted by Gasteiger charge is 2.11. The van der Waals surface area contributed by atoms with E-state index in [0.29, 0.717) is 5.69 Å². The second-order valence-corrected chi connectivity index (χ2v) is 3.69. The predicted octanol–water partition coefficient (Wildman–Crippen LogP) is 2.34. The molecule has 0 unspecified atom stereocenters. The lowest BCUT2D eigenvalue weighted by Gasteiger charge is -1.99. The van der Waals surface area contributed by atoms with Crippen molar-refractivity contribution in [1.82, 2.24) is 9.97 Å². The molecule has 0 bridgehead atoms. The van der Waals surface area contributed by atoms with Gasteiger partial charge in [0.1, 0.15) is 6.33 Å². The van der Waals surface area contributed by atoms with Gasteiger partial charge in [0.15, 0.2) is 0 Å². The number of nitro groups is 1. The van der Waals surface area contributed by atoms with E-state index in [1.54, 1.807) is 12.3 Å². The average molecular weight is 241 g/mol. The lowest BCUT2D eigenvalue weighted by molar-refractivity contribution is -0.425. The van der Waals surface area contributed by atoms with Crippen LogP contribution in [0.3, 0.4) is 0 Å². The van der Waals surface area contributed by atoms with Gasteiger partial charge < -0.3 is 0 Å². The Hall–Kier alpha value is -2.56. The van der Waals surface area contributed by atoms with E-state index in [-0.39, 0.29) is 17.0 Å². The number of hydrogen-bond acceptors (Lipinski definition) is 4. The summed E-state index contributed by atoms with van der Waals surface area (Å²) in [5.41, 5.74) is 1.54. The summed E-state index contributed by atoms with van der Waals surface area (Å²) in [6, 6.07) is 10.9. The van der Waals surface area contributed by atoms with Crippen molar-refractivity contribution in [3.05, 3.63) is 76.0 Å². The van der Waals surface area contributed by atoms with Gasteiger partial charge in [0.2, 0.25) is 0 Å². The van der Waals surface area contributed by atoms with Gasteiger partial charge in [-0.1, -0.05) is 30.3 Å². The minimum absolute atomic E-state index is 0.111. The zero-order valence-corrected chi connectivity index (χ0v) is 9.56. The van der Waals surface area contributed by atoms with E-state index < -0.39 is 0 Å². The van der Waals surface area contributed by atoms with Crippen LogP contribution >= 0.6 is 0 Å². The van der Waals surface area contributed by atoms with Gasteiger partial charge in [0, 0.05) is 12.3 Å². The van der Waals surface area contributed by atoms with Crippen molar-refractivity contribution in [3.63, 3.8) is 0 Å². The molecule has 2 rings (SSSR count). The van der Waals surface area contributed by atoms with Crippen molar-refractivity contribution in [1.29, 1.82) is 0 Å². The minimum atomic E-state index is -0.380. The number of benzene rings is 1. The molecule has 0 saturated heterocycles. The van der Waals surface area contributed by atoms with Crippen LogP contribution in [0.2, 0.25) is 0 Å². The maximum Gasteiger partial charge on any atom is 0.252 e. The molecule has 0 saturated carbocycles. The largest absolute Gasteiger partial charge is 0.259 e. The summed E-state index contributed by atoms with van der Waals surface area (Å²) in [5.74, 6) is 0. The summed E-state index contributed by atoms with van der Waals surface area (Å²) >= 11 is 0. The van der Waals surface area contributed by atoms with Gasteiger partial charge in [-0.05, 0) is 11.6 Å². The quantitative estimate of drug-likeness (QED) is 0.608. The summed E-state index contributed by atoms with van der Waals surface area (Å²) < 4.78 is 0. The normalized spacial score (nSPS) is 11.2. The number of rotatable bonds is 4. The van der Waals surface area contributed by atoms with E-state index in [1.807, 2.05) is 30.3 Å². The standard InChI is InChI=1S/C13H11N3O2/c17-16(18)13(8-11-4-2-1-3-5-11)9-12-6-7-14-10-15-12/h1-7,9-10H,8H2. The molecule has 0 N–H and O–H groups in total. The molecule has 1 aromatic carbocycles. The van der Waals surface area contributed by atoms with Crippen molar-refractivity contribution in [2.24, 2.45) is 0 Å². The van der Waals surface area contributed by atoms with Crippen LogP contribution in [0.15, 0.2) is 54.6 Å². The van der Waals surface area contributed by atoms with Crippen molar-refractivity contribution in [2.45, 2.75) is 6.42 Å². The van der Waals surface area contributed by atoms with E-state index in [2.05, 4.69) is 9.97 Å². The molecule has 0 radical (unpaired) electrons. The van der Waals surface area contributed by atoms with Crippen LogP contribution in [0.25, 0.3) is 6.08 Å². The maximum atomic E-state index is 11.0. The third kappa shape index (κ3) is 3.21. The molecule has 1 heterocycles. The Morgan fingerprint density at radius 2 is 2.06 bits per heavy atom. The van der Waals surface area contributed by atoms with Crippen molar-refractivity contribution in [2.75, 3.05) is 0 Å². The van der Waals surface area contributed by atoms with Crippen molar-refractivity contribution in [3.8, 4) is 0 Å². The second-order valence-electron chi connectivity index (χ2n) is 3.69. The zero-order chi connectivity index (χ0) is 12.8. The summed E-state index contributed by atoms with van der Waals surface area (Å²) in [6.45, 7) is 0. The number of nitrogens with zero attached hydrogens (tertiary/aromatic N) is 3. The first-order valence-electron chi connectivity index (χ1n) is 5.40. The molecule has 2 aromatic rings. The molecule has 0 fully saturated rings. The Morgan fingerprint density at radius 1 is 1.28 bits per heavy atom. The Kier molecular flexibility index (Phi) is 3.76. The molecule has 0 amide bonds. The van der Waals surface area contributed by atoms with Crippen molar-refractivity contribution < 1.29 is 4.92 Å². The van der Waals surface area contributed by atoms with Crippen LogP contribution in [0.4, 0.5) is 0 Å². The topological polar surface area (TPSA) is 68.9 Å². The third-order valence-corrected chi connectivity index (χ3v) is 2.38. The average Bonchev–Trinajstić information content (AvgIpc) is 2.40. The molecular formula is C13H11N3O2. The maximum absolute atomic E-state index is 11.0. The number of allylic oxidation sites excluding steroid dienone is 1. The molecule has 5 nitrogen and oxygen atoms in total. The molecule has 1 aromatic heterocycles. The van der Waals surface area contributed by atoms with Gasteiger partial charge in [0.25, 0.3) is 5.70 Å². The van der Waals surface area contributed by atoms with Gasteiger partial charge in [0.05, 0.1) is 17.0 Å². The van der Waals surface area contributed by atoms with Crippen LogP contribution in [-0.4, -0.2) is 14.9 Å². The number of hydrogen-bond donors (Lipinski definition) is 0. The Morgan fingerprint density at radius 3 is 2.67 bits per heavy atom. The molecule has 90 valence electrons. The lowest BCUT2D eigenvalue weighted by Crippen LogP contribution is -2.02. The van der Waals surface area contributed by atoms with Gasteiger partial charge in [-0.25, -0.2) is 9.97 Å². The molecule has 0 aliphatic heterocycles. The van der Waals surface area contributed by atoms with Crippen LogP contribution in [0.5, 0.6) is 0 Å². The fraction of sp³-hybridized carbons (Fsp3) is 0.0769. The van der Waals surface area contributed by atoms with Gasteiger partial charge >= 0.3 is 0 Å². The fourth-order valence-corrected chi connectivity index (χ4v) is 1.53. The highest BCUT2D eigenvalue weighted by Crippen LogP contribution is 2.11. The summed E-state index contributed by atoms with van der Waals surface area (Å²) in [7, 11) is 0. The smallest absolute Gasteiger partial charge is 0.252 e.